The predicted octanol–water partition coefficient (Wildman–Crippen LogP) is -0.963. The molecule has 0 aromatic heterocycles. The Morgan fingerprint density at radius 2 is 1.36 bits per heavy atom. The van der Waals surface area contributed by atoms with Crippen LogP contribution in [0.2, 0.25) is 0 Å². The van der Waals surface area contributed by atoms with Crippen molar-refractivity contribution in [2.24, 2.45) is 5.92 Å². The lowest BCUT2D eigenvalue weighted by atomic mass is 10.1. The van der Waals surface area contributed by atoms with E-state index < -0.39 is 23.8 Å². The zero-order valence-corrected chi connectivity index (χ0v) is 8.57. The van der Waals surface area contributed by atoms with E-state index in [1.165, 1.54) is 14.1 Å². The number of carbonyl (C=O) groups is 3. The van der Waals surface area contributed by atoms with E-state index in [4.69, 9.17) is 0 Å². The van der Waals surface area contributed by atoms with Crippen molar-refractivity contribution < 1.29 is 23.9 Å². The lowest BCUT2D eigenvalue weighted by Crippen LogP contribution is -2.40. The molecule has 0 aromatic rings. The van der Waals surface area contributed by atoms with Crippen LogP contribution in [0.4, 0.5) is 0 Å². The lowest BCUT2D eigenvalue weighted by molar-refractivity contribution is -0.164. The highest BCUT2D eigenvalue weighted by Gasteiger charge is 2.37. The second kappa shape index (κ2) is 5.21. The summed E-state index contributed by atoms with van der Waals surface area (Å²) in [6.45, 7) is 0. The van der Waals surface area contributed by atoms with Crippen LogP contribution in [0.25, 0.3) is 0 Å². The monoisotopic (exact) mass is 203 g/mol. The fraction of sp³-hybridized carbons (Fsp3) is 0.625. The molecule has 0 aliphatic heterocycles. The first-order valence-corrected chi connectivity index (χ1v) is 3.82. The van der Waals surface area contributed by atoms with Crippen LogP contribution in [0.3, 0.4) is 0 Å². The number of amides is 1. The quantitative estimate of drug-likeness (QED) is 0.436. The minimum Gasteiger partial charge on any atom is -0.468 e. The molecule has 6 nitrogen and oxygen atoms in total. The molecule has 0 heterocycles. The number of hydrogen-bond acceptors (Lipinski definition) is 5. The van der Waals surface area contributed by atoms with Gasteiger partial charge in [0.05, 0.1) is 14.2 Å². The van der Waals surface area contributed by atoms with Crippen LogP contribution < -0.4 is 0 Å². The molecule has 0 aliphatic carbocycles. The summed E-state index contributed by atoms with van der Waals surface area (Å²) in [5, 5.41) is 0. The van der Waals surface area contributed by atoms with Gasteiger partial charge in [0, 0.05) is 14.1 Å². The molecular weight excluding hydrogens is 190 g/mol. The van der Waals surface area contributed by atoms with Gasteiger partial charge in [0.15, 0.2) is 0 Å². The molecule has 0 unspecified atom stereocenters. The first kappa shape index (κ1) is 12.4. The molecule has 6 heteroatoms. The van der Waals surface area contributed by atoms with Crippen molar-refractivity contribution in [1.82, 2.24) is 4.90 Å². The van der Waals surface area contributed by atoms with E-state index in [0.717, 1.165) is 19.1 Å². The summed E-state index contributed by atoms with van der Waals surface area (Å²) in [7, 11) is 5.06. The summed E-state index contributed by atoms with van der Waals surface area (Å²) in [5.41, 5.74) is 0. The number of hydrogen-bond donors (Lipinski definition) is 0. The van der Waals surface area contributed by atoms with E-state index >= 15 is 0 Å². The molecule has 0 rings (SSSR count). The second-order valence-electron chi connectivity index (χ2n) is 2.71. The van der Waals surface area contributed by atoms with Gasteiger partial charge in [-0.05, 0) is 0 Å². The minimum absolute atomic E-state index is 0.663. The lowest BCUT2D eigenvalue weighted by Gasteiger charge is -2.16. The summed E-state index contributed by atoms with van der Waals surface area (Å²) in [4.78, 5) is 34.7. The van der Waals surface area contributed by atoms with E-state index in [1.54, 1.807) is 0 Å². The highest BCUT2D eigenvalue weighted by atomic mass is 16.5. The molecule has 1 amide bonds. The van der Waals surface area contributed by atoms with Crippen molar-refractivity contribution in [1.29, 1.82) is 0 Å². The van der Waals surface area contributed by atoms with Crippen molar-refractivity contribution in [2.75, 3.05) is 28.3 Å². The Kier molecular flexibility index (Phi) is 4.62. The summed E-state index contributed by atoms with van der Waals surface area (Å²) in [6.07, 6.45) is 0. The molecule has 14 heavy (non-hydrogen) atoms. The molecule has 0 saturated carbocycles. The van der Waals surface area contributed by atoms with Crippen molar-refractivity contribution in [3.05, 3.63) is 0 Å². The summed E-state index contributed by atoms with van der Waals surface area (Å²) >= 11 is 0. The van der Waals surface area contributed by atoms with E-state index in [2.05, 4.69) is 9.47 Å². The van der Waals surface area contributed by atoms with Crippen molar-refractivity contribution >= 4 is 17.8 Å². The van der Waals surface area contributed by atoms with Gasteiger partial charge >= 0.3 is 11.9 Å². The minimum atomic E-state index is -1.53. The Hall–Kier alpha value is -1.59. The van der Waals surface area contributed by atoms with Gasteiger partial charge in [-0.25, -0.2) is 0 Å². The average molecular weight is 203 g/mol. The van der Waals surface area contributed by atoms with Crippen molar-refractivity contribution in [3.8, 4) is 0 Å². The van der Waals surface area contributed by atoms with Gasteiger partial charge in [-0.1, -0.05) is 0 Å². The molecule has 0 aliphatic rings. The molecule has 0 bridgehead atoms. The number of nitrogens with zero attached hydrogens (tertiary/aromatic N) is 1. The van der Waals surface area contributed by atoms with Crippen LogP contribution in [0.5, 0.6) is 0 Å². The number of rotatable bonds is 3. The summed E-state index contributed by atoms with van der Waals surface area (Å²) in [6, 6.07) is 0. The van der Waals surface area contributed by atoms with Crippen LogP contribution in [-0.4, -0.2) is 51.1 Å². The predicted molar refractivity (Wildman–Crippen MR) is 46.2 cm³/mol. The van der Waals surface area contributed by atoms with Gasteiger partial charge in [-0.15, -0.1) is 0 Å². The molecule has 0 N–H and O–H groups in total. The Morgan fingerprint density at radius 1 is 1.00 bits per heavy atom. The number of ether oxygens (including phenoxy) is 2. The topological polar surface area (TPSA) is 72.9 Å². The van der Waals surface area contributed by atoms with Gasteiger partial charge in [0.1, 0.15) is 0 Å². The summed E-state index contributed by atoms with van der Waals surface area (Å²) in [5.74, 6) is -4.03. The first-order valence-electron chi connectivity index (χ1n) is 3.82. The number of methoxy groups -OCH3 is 2. The van der Waals surface area contributed by atoms with Gasteiger partial charge in [-0.2, -0.15) is 0 Å². The average Bonchev–Trinajstić information content (AvgIpc) is 2.16. The third-order valence-electron chi connectivity index (χ3n) is 1.56. The fourth-order valence-electron chi connectivity index (χ4n) is 0.792. The van der Waals surface area contributed by atoms with Crippen LogP contribution in [0.1, 0.15) is 0 Å². The normalized spacial score (nSPS) is 9.50. The van der Waals surface area contributed by atoms with Crippen LogP contribution >= 0.6 is 0 Å². The maximum atomic E-state index is 11.4. The largest absolute Gasteiger partial charge is 0.468 e. The SMILES string of the molecule is COC(=O)C(C(=O)OC)C(=O)N(C)C. The fourth-order valence-corrected chi connectivity index (χ4v) is 0.792. The standard InChI is InChI=1S/C8H13NO5/c1-9(2)6(10)5(7(11)13-3)8(12)14-4/h5H,1-4H3. The van der Waals surface area contributed by atoms with Crippen LogP contribution in [-0.2, 0) is 23.9 Å². The Balaban J connectivity index is 4.81. The number of carbonyl (C=O) groups excluding carboxylic acids is 3. The maximum absolute atomic E-state index is 11.4. The second-order valence-corrected chi connectivity index (χ2v) is 2.71. The van der Waals surface area contributed by atoms with Crippen LogP contribution in [0, 0.1) is 5.92 Å². The van der Waals surface area contributed by atoms with Gasteiger partial charge in [0.2, 0.25) is 11.8 Å². The summed E-state index contributed by atoms with van der Waals surface area (Å²) < 4.78 is 8.64. The maximum Gasteiger partial charge on any atom is 0.329 e. The molecule has 0 radical (unpaired) electrons. The molecule has 80 valence electrons. The van der Waals surface area contributed by atoms with Crippen molar-refractivity contribution in [3.63, 3.8) is 0 Å². The first-order chi connectivity index (χ1) is 6.45. The number of esters is 2. The Labute approximate surface area is 81.8 Å². The molecule has 0 fully saturated rings. The highest BCUT2D eigenvalue weighted by Crippen LogP contribution is 2.05. The zero-order valence-electron chi connectivity index (χ0n) is 8.57. The third-order valence-corrected chi connectivity index (χ3v) is 1.56. The molecule has 0 spiro atoms. The van der Waals surface area contributed by atoms with Gasteiger partial charge < -0.3 is 14.4 Å². The van der Waals surface area contributed by atoms with E-state index in [9.17, 15) is 14.4 Å². The molecular formula is C8H13NO5. The van der Waals surface area contributed by atoms with Crippen molar-refractivity contribution in [2.45, 2.75) is 0 Å². The zero-order chi connectivity index (χ0) is 11.3. The Bertz CT molecular complexity index is 232. The van der Waals surface area contributed by atoms with E-state index in [0.29, 0.717) is 0 Å². The van der Waals surface area contributed by atoms with Gasteiger partial charge in [0.25, 0.3) is 0 Å². The Morgan fingerprint density at radius 3 is 1.57 bits per heavy atom. The molecule has 0 atom stereocenters. The third kappa shape index (κ3) is 2.72. The highest BCUT2D eigenvalue weighted by molar-refractivity contribution is 6.14. The van der Waals surface area contributed by atoms with Crippen LogP contribution in [0.15, 0.2) is 0 Å². The van der Waals surface area contributed by atoms with Gasteiger partial charge in [-0.3, -0.25) is 14.4 Å². The van der Waals surface area contributed by atoms with E-state index in [1.807, 2.05) is 0 Å². The smallest absolute Gasteiger partial charge is 0.329 e. The van der Waals surface area contributed by atoms with E-state index in [-0.39, 0.29) is 0 Å². The molecule has 0 saturated heterocycles. The molecule has 0 aromatic carbocycles.